The summed E-state index contributed by atoms with van der Waals surface area (Å²) < 4.78 is 26.2. The first-order valence-corrected chi connectivity index (χ1v) is 6.70. The van der Waals surface area contributed by atoms with Crippen molar-refractivity contribution < 1.29 is 13.6 Å². The number of halogens is 2. The van der Waals surface area contributed by atoms with Gasteiger partial charge in [0.1, 0.15) is 5.82 Å². The van der Waals surface area contributed by atoms with Gasteiger partial charge in [-0.05, 0) is 24.6 Å². The third-order valence-corrected chi connectivity index (χ3v) is 3.23. The molecule has 2 rings (SSSR count). The van der Waals surface area contributed by atoms with Gasteiger partial charge in [-0.25, -0.2) is 9.78 Å². The van der Waals surface area contributed by atoms with Crippen LogP contribution in [0.25, 0.3) is 0 Å². The number of nitrogens with one attached hydrogen (secondary N) is 1. The molecule has 0 bridgehead atoms. The van der Waals surface area contributed by atoms with E-state index < -0.39 is 6.55 Å². The van der Waals surface area contributed by atoms with Gasteiger partial charge >= 0.3 is 12.6 Å². The molecule has 1 N–H and O–H groups in total. The van der Waals surface area contributed by atoms with Crippen LogP contribution in [0.15, 0.2) is 36.9 Å². The molecule has 2 heterocycles. The number of carbonyl (C=O) groups is 1. The van der Waals surface area contributed by atoms with Gasteiger partial charge in [-0.2, -0.15) is 8.78 Å². The summed E-state index contributed by atoms with van der Waals surface area (Å²) in [5, 5.41) is 2.79. The topological polar surface area (TPSA) is 63.1 Å². The lowest BCUT2D eigenvalue weighted by atomic mass is 10.1. The number of carbonyl (C=O) groups excluding carboxylic acids is 1. The fourth-order valence-electron chi connectivity index (χ4n) is 1.96. The molecule has 0 fully saturated rings. The molecule has 0 spiro atoms. The number of imidazole rings is 1. The first kappa shape index (κ1) is 15.9. The van der Waals surface area contributed by atoms with Gasteiger partial charge in [-0.3, -0.25) is 9.55 Å². The molecular weight excluding hydrogens is 292 g/mol. The second-order valence-corrected chi connectivity index (χ2v) is 4.84. The van der Waals surface area contributed by atoms with E-state index in [4.69, 9.17) is 0 Å². The van der Waals surface area contributed by atoms with Crippen molar-refractivity contribution in [1.82, 2.24) is 24.8 Å². The summed E-state index contributed by atoms with van der Waals surface area (Å²) in [4.78, 5) is 21.2. The Morgan fingerprint density at radius 2 is 2.05 bits per heavy atom. The van der Waals surface area contributed by atoms with Crippen LogP contribution in [0.3, 0.4) is 0 Å². The lowest BCUT2D eigenvalue weighted by Gasteiger charge is -2.21. The smallest absolute Gasteiger partial charge is 0.319 e. The Morgan fingerprint density at radius 3 is 2.68 bits per heavy atom. The first-order chi connectivity index (χ1) is 10.5. The van der Waals surface area contributed by atoms with Gasteiger partial charge in [0.2, 0.25) is 0 Å². The molecule has 0 saturated heterocycles. The molecule has 0 saturated carbocycles. The van der Waals surface area contributed by atoms with E-state index in [0.29, 0.717) is 0 Å². The van der Waals surface area contributed by atoms with Crippen LogP contribution in [-0.2, 0) is 6.54 Å². The molecule has 22 heavy (non-hydrogen) atoms. The highest BCUT2D eigenvalue weighted by atomic mass is 19.3. The standard InChI is InChI=1S/C14H17F2N5O/c1-10(11-3-5-17-6-4-11)19-14(22)20(2)9-12-18-7-8-21(12)13(15)16/h3-8,10,13H,9H2,1-2H3,(H,19,22). The molecule has 2 amide bonds. The van der Waals surface area contributed by atoms with E-state index in [9.17, 15) is 13.6 Å². The Hall–Kier alpha value is -2.51. The lowest BCUT2D eigenvalue weighted by Crippen LogP contribution is -2.38. The van der Waals surface area contributed by atoms with Crippen molar-refractivity contribution >= 4 is 6.03 Å². The van der Waals surface area contributed by atoms with E-state index >= 15 is 0 Å². The number of hydrogen-bond donors (Lipinski definition) is 1. The fraction of sp³-hybridized carbons (Fsp3) is 0.357. The molecule has 1 unspecified atom stereocenters. The van der Waals surface area contributed by atoms with E-state index in [0.717, 1.165) is 10.1 Å². The van der Waals surface area contributed by atoms with Crippen LogP contribution in [0.2, 0.25) is 0 Å². The number of pyridine rings is 1. The average molecular weight is 309 g/mol. The highest BCUT2D eigenvalue weighted by Gasteiger charge is 2.17. The van der Waals surface area contributed by atoms with E-state index in [1.165, 1.54) is 24.3 Å². The van der Waals surface area contributed by atoms with Crippen molar-refractivity contribution in [3.63, 3.8) is 0 Å². The SMILES string of the molecule is CC(NC(=O)N(C)Cc1nccn1C(F)F)c1ccncc1. The fourth-order valence-corrected chi connectivity index (χ4v) is 1.96. The van der Waals surface area contributed by atoms with Crippen molar-refractivity contribution in [2.45, 2.75) is 26.1 Å². The minimum atomic E-state index is -2.68. The minimum Gasteiger partial charge on any atom is -0.331 e. The largest absolute Gasteiger partial charge is 0.331 e. The molecule has 0 aliphatic carbocycles. The number of urea groups is 1. The Balaban J connectivity index is 1.96. The summed E-state index contributed by atoms with van der Waals surface area (Å²) in [6, 6.07) is 3.02. The van der Waals surface area contributed by atoms with Gasteiger partial charge in [0, 0.05) is 31.8 Å². The third kappa shape index (κ3) is 3.78. The third-order valence-electron chi connectivity index (χ3n) is 3.23. The van der Waals surface area contributed by atoms with Gasteiger partial charge < -0.3 is 10.2 Å². The maximum Gasteiger partial charge on any atom is 0.319 e. The summed E-state index contributed by atoms with van der Waals surface area (Å²) >= 11 is 0. The number of amides is 2. The van der Waals surface area contributed by atoms with Crippen molar-refractivity contribution in [3.8, 4) is 0 Å². The van der Waals surface area contributed by atoms with Crippen LogP contribution in [0, 0.1) is 0 Å². The molecule has 6 nitrogen and oxygen atoms in total. The summed E-state index contributed by atoms with van der Waals surface area (Å²) in [6.45, 7) is -0.849. The Labute approximate surface area is 126 Å². The molecule has 1 atom stereocenters. The number of hydrogen-bond acceptors (Lipinski definition) is 3. The summed E-state index contributed by atoms with van der Waals surface area (Å²) in [7, 11) is 1.53. The molecule has 0 radical (unpaired) electrons. The lowest BCUT2D eigenvalue weighted by molar-refractivity contribution is 0.0650. The van der Waals surface area contributed by atoms with E-state index in [1.54, 1.807) is 24.5 Å². The minimum absolute atomic E-state index is 0.00770. The predicted octanol–water partition coefficient (Wildman–Crippen LogP) is 2.58. The van der Waals surface area contributed by atoms with Gasteiger partial charge in [-0.15, -0.1) is 0 Å². The molecule has 8 heteroatoms. The molecule has 0 aliphatic heterocycles. The molecule has 0 aromatic carbocycles. The van der Waals surface area contributed by atoms with Crippen molar-refractivity contribution in [3.05, 3.63) is 48.3 Å². The van der Waals surface area contributed by atoms with Crippen molar-refractivity contribution in [2.24, 2.45) is 0 Å². The normalized spacial score (nSPS) is 12.2. The molecule has 118 valence electrons. The van der Waals surface area contributed by atoms with Crippen molar-refractivity contribution in [2.75, 3.05) is 7.05 Å². The van der Waals surface area contributed by atoms with E-state index in [2.05, 4.69) is 15.3 Å². The van der Waals surface area contributed by atoms with Gasteiger partial charge in [-0.1, -0.05) is 0 Å². The van der Waals surface area contributed by atoms with Crippen LogP contribution >= 0.6 is 0 Å². The maximum atomic E-state index is 12.7. The first-order valence-electron chi connectivity index (χ1n) is 6.70. The molecule has 2 aromatic rings. The van der Waals surface area contributed by atoms with Crippen LogP contribution in [0.1, 0.15) is 30.9 Å². The number of aromatic nitrogens is 3. The van der Waals surface area contributed by atoms with Crippen LogP contribution < -0.4 is 5.32 Å². The monoisotopic (exact) mass is 309 g/mol. The molecule has 0 aliphatic rings. The Kier molecular flexibility index (Phi) is 5.03. The second kappa shape index (κ2) is 6.97. The quantitative estimate of drug-likeness (QED) is 0.923. The highest BCUT2D eigenvalue weighted by molar-refractivity contribution is 5.74. The van der Waals surface area contributed by atoms with Crippen LogP contribution in [0.5, 0.6) is 0 Å². The Bertz CT molecular complexity index is 617. The zero-order valence-corrected chi connectivity index (χ0v) is 12.3. The summed E-state index contributed by atoms with van der Waals surface area (Å²) in [5.74, 6) is 0.129. The summed E-state index contributed by atoms with van der Waals surface area (Å²) in [5.41, 5.74) is 0.908. The Morgan fingerprint density at radius 1 is 1.36 bits per heavy atom. The predicted molar refractivity (Wildman–Crippen MR) is 76.1 cm³/mol. The molecular formula is C14H17F2N5O. The zero-order chi connectivity index (χ0) is 16.1. The highest BCUT2D eigenvalue weighted by Crippen LogP contribution is 2.14. The van der Waals surface area contributed by atoms with Gasteiger partial charge in [0.05, 0.1) is 12.6 Å². The van der Waals surface area contributed by atoms with E-state index in [-0.39, 0.29) is 24.4 Å². The van der Waals surface area contributed by atoms with Crippen LogP contribution in [0.4, 0.5) is 13.6 Å². The number of alkyl halides is 2. The van der Waals surface area contributed by atoms with Crippen molar-refractivity contribution in [1.29, 1.82) is 0 Å². The van der Waals surface area contributed by atoms with E-state index in [1.807, 2.05) is 6.92 Å². The zero-order valence-electron chi connectivity index (χ0n) is 12.3. The van der Waals surface area contributed by atoms with Gasteiger partial charge in [0.25, 0.3) is 0 Å². The van der Waals surface area contributed by atoms with Gasteiger partial charge in [0.15, 0.2) is 0 Å². The number of nitrogens with zero attached hydrogens (tertiary/aromatic N) is 4. The van der Waals surface area contributed by atoms with Crippen LogP contribution in [-0.4, -0.2) is 32.5 Å². The maximum absolute atomic E-state index is 12.7. The number of rotatable bonds is 5. The summed E-state index contributed by atoms with van der Waals surface area (Å²) in [6.07, 6.45) is 5.75. The molecule has 2 aromatic heterocycles. The second-order valence-electron chi connectivity index (χ2n) is 4.84. The average Bonchev–Trinajstić information content (AvgIpc) is 2.96.